The van der Waals surface area contributed by atoms with Crippen LogP contribution in [0.15, 0.2) is 18.2 Å². The van der Waals surface area contributed by atoms with E-state index >= 15 is 0 Å². The van der Waals surface area contributed by atoms with Crippen LogP contribution in [0.5, 0.6) is 0 Å². The zero-order chi connectivity index (χ0) is 15.2. The first-order chi connectivity index (χ1) is 10.0. The molecule has 3 N–H and O–H groups in total. The molecule has 0 spiro atoms. The molecule has 1 fully saturated rings. The van der Waals surface area contributed by atoms with Gasteiger partial charge < -0.3 is 15.8 Å². The monoisotopic (exact) mass is 291 g/mol. The minimum atomic E-state index is -0.0310. The smallest absolute Gasteiger partial charge is 0.238 e. The van der Waals surface area contributed by atoms with Gasteiger partial charge >= 0.3 is 0 Å². The molecule has 1 amide bonds. The molecule has 1 atom stereocenters. The molecule has 1 aromatic carbocycles. The van der Waals surface area contributed by atoms with Crippen molar-refractivity contribution in [2.75, 3.05) is 37.8 Å². The SMILES string of the molecule is Cc1ccc(NC(=O)CN(C)CC2CCCCO2)cc1N. The number of anilines is 2. The van der Waals surface area contributed by atoms with Crippen LogP contribution in [-0.2, 0) is 9.53 Å². The number of nitrogens with two attached hydrogens (primary N) is 1. The summed E-state index contributed by atoms with van der Waals surface area (Å²) in [6.45, 7) is 3.93. The van der Waals surface area contributed by atoms with Crippen molar-refractivity contribution < 1.29 is 9.53 Å². The van der Waals surface area contributed by atoms with Crippen LogP contribution in [0.4, 0.5) is 11.4 Å². The normalized spacial score (nSPS) is 18.7. The molecule has 116 valence electrons. The Balaban J connectivity index is 1.78. The number of nitrogen functional groups attached to an aromatic ring is 1. The molecule has 0 bridgehead atoms. The van der Waals surface area contributed by atoms with Crippen LogP contribution >= 0.6 is 0 Å². The van der Waals surface area contributed by atoms with Gasteiger partial charge in [0.05, 0.1) is 12.6 Å². The maximum Gasteiger partial charge on any atom is 0.238 e. The van der Waals surface area contributed by atoms with Crippen molar-refractivity contribution in [3.63, 3.8) is 0 Å². The summed E-state index contributed by atoms with van der Waals surface area (Å²) in [4.78, 5) is 14.0. The summed E-state index contributed by atoms with van der Waals surface area (Å²) in [5, 5.41) is 2.88. The Morgan fingerprint density at radius 3 is 2.95 bits per heavy atom. The molecule has 21 heavy (non-hydrogen) atoms. The number of rotatable bonds is 5. The van der Waals surface area contributed by atoms with Crippen molar-refractivity contribution in [2.24, 2.45) is 0 Å². The van der Waals surface area contributed by atoms with Gasteiger partial charge in [0.2, 0.25) is 5.91 Å². The Morgan fingerprint density at radius 2 is 2.29 bits per heavy atom. The lowest BCUT2D eigenvalue weighted by Gasteiger charge is -2.27. The standard InChI is InChI=1S/C16H25N3O2/c1-12-6-7-13(9-15(12)17)18-16(20)11-19(2)10-14-5-3-4-8-21-14/h6-7,9,14H,3-5,8,10-11,17H2,1-2H3,(H,18,20). The summed E-state index contributed by atoms with van der Waals surface area (Å²) in [5.41, 5.74) is 8.29. The third-order valence-electron chi connectivity index (χ3n) is 3.77. The number of nitrogens with zero attached hydrogens (tertiary/aromatic N) is 1. The lowest BCUT2D eigenvalue weighted by molar-refractivity contribution is -0.117. The van der Waals surface area contributed by atoms with Crippen LogP contribution < -0.4 is 11.1 Å². The van der Waals surface area contributed by atoms with Crippen LogP contribution in [0.2, 0.25) is 0 Å². The molecule has 0 aliphatic carbocycles. The first-order valence-corrected chi connectivity index (χ1v) is 7.50. The third kappa shape index (κ3) is 5.02. The number of likely N-dealkylation sites (N-methyl/N-ethyl adjacent to an activating group) is 1. The molecule has 1 heterocycles. The number of carbonyl (C=O) groups is 1. The average molecular weight is 291 g/mol. The minimum Gasteiger partial charge on any atom is -0.398 e. The topological polar surface area (TPSA) is 67.6 Å². The fourth-order valence-electron chi connectivity index (χ4n) is 2.53. The highest BCUT2D eigenvalue weighted by Crippen LogP contribution is 2.17. The number of benzene rings is 1. The Kier molecular flexibility index (Phi) is 5.59. The lowest BCUT2D eigenvalue weighted by Crippen LogP contribution is -2.37. The van der Waals surface area contributed by atoms with Gasteiger partial charge in [-0.05, 0) is 50.9 Å². The Hall–Kier alpha value is -1.59. The van der Waals surface area contributed by atoms with Gasteiger partial charge in [-0.3, -0.25) is 9.69 Å². The van der Waals surface area contributed by atoms with E-state index in [9.17, 15) is 4.79 Å². The van der Waals surface area contributed by atoms with E-state index in [1.807, 2.05) is 31.0 Å². The molecule has 1 aromatic rings. The highest BCUT2D eigenvalue weighted by atomic mass is 16.5. The molecule has 1 unspecified atom stereocenters. The molecule has 1 saturated heterocycles. The molecule has 5 heteroatoms. The predicted molar refractivity (Wildman–Crippen MR) is 85.3 cm³/mol. The van der Waals surface area contributed by atoms with E-state index in [1.54, 1.807) is 6.07 Å². The zero-order valence-electron chi connectivity index (χ0n) is 12.9. The zero-order valence-corrected chi connectivity index (χ0v) is 12.9. The van der Waals surface area contributed by atoms with Crippen LogP contribution in [0.1, 0.15) is 24.8 Å². The maximum absolute atomic E-state index is 12.0. The van der Waals surface area contributed by atoms with E-state index in [4.69, 9.17) is 10.5 Å². The quantitative estimate of drug-likeness (QED) is 0.814. The van der Waals surface area contributed by atoms with Crippen LogP contribution in [0.25, 0.3) is 0 Å². The van der Waals surface area contributed by atoms with Gasteiger partial charge in [0.1, 0.15) is 0 Å². The first kappa shape index (κ1) is 15.8. The van der Waals surface area contributed by atoms with E-state index in [1.165, 1.54) is 6.42 Å². The Morgan fingerprint density at radius 1 is 1.48 bits per heavy atom. The summed E-state index contributed by atoms with van der Waals surface area (Å²) in [5.74, 6) is -0.0310. The van der Waals surface area contributed by atoms with E-state index in [2.05, 4.69) is 5.32 Å². The lowest BCUT2D eigenvalue weighted by atomic mass is 10.1. The highest BCUT2D eigenvalue weighted by Gasteiger charge is 2.17. The number of carbonyl (C=O) groups excluding carboxylic acids is 1. The van der Waals surface area contributed by atoms with Crippen molar-refractivity contribution in [2.45, 2.75) is 32.3 Å². The number of aryl methyl sites for hydroxylation is 1. The van der Waals surface area contributed by atoms with Crippen molar-refractivity contribution >= 4 is 17.3 Å². The highest BCUT2D eigenvalue weighted by molar-refractivity contribution is 5.92. The van der Waals surface area contributed by atoms with E-state index in [0.29, 0.717) is 12.2 Å². The summed E-state index contributed by atoms with van der Waals surface area (Å²) >= 11 is 0. The van der Waals surface area contributed by atoms with E-state index < -0.39 is 0 Å². The number of hydrogen-bond donors (Lipinski definition) is 2. The fourth-order valence-corrected chi connectivity index (χ4v) is 2.53. The molecule has 5 nitrogen and oxygen atoms in total. The molecule has 2 rings (SSSR count). The number of amides is 1. The second kappa shape index (κ2) is 7.43. The van der Waals surface area contributed by atoms with Crippen molar-refractivity contribution in [1.82, 2.24) is 4.90 Å². The van der Waals surface area contributed by atoms with Crippen LogP contribution in [-0.4, -0.2) is 43.7 Å². The van der Waals surface area contributed by atoms with Crippen molar-refractivity contribution in [3.8, 4) is 0 Å². The Labute approximate surface area is 126 Å². The predicted octanol–water partition coefficient (Wildman–Crippen LogP) is 2.02. The Bertz CT molecular complexity index is 484. The molecule has 1 aliphatic rings. The summed E-state index contributed by atoms with van der Waals surface area (Å²) in [6.07, 6.45) is 3.70. The average Bonchev–Trinajstić information content (AvgIpc) is 2.43. The largest absolute Gasteiger partial charge is 0.398 e. The van der Waals surface area contributed by atoms with Gasteiger partial charge in [-0.25, -0.2) is 0 Å². The maximum atomic E-state index is 12.0. The van der Waals surface area contributed by atoms with Crippen LogP contribution in [0, 0.1) is 6.92 Å². The second-order valence-electron chi connectivity index (χ2n) is 5.80. The summed E-state index contributed by atoms with van der Waals surface area (Å²) < 4.78 is 5.69. The van der Waals surface area contributed by atoms with Gasteiger partial charge in [0.25, 0.3) is 0 Å². The summed E-state index contributed by atoms with van der Waals surface area (Å²) in [6, 6.07) is 5.57. The van der Waals surface area contributed by atoms with Gasteiger partial charge in [-0.2, -0.15) is 0 Å². The van der Waals surface area contributed by atoms with Crippen molar-refractivity contribution in [1.29, 1.82) is 0 Å². The first-order valence-electron chi connectivity index (χ1n) is 7.50. The molecular formula is C16H25N3O2. The number of ether oxygens (including phenoxy) is 1. The second-order valence-corrected chi connectivity index (χ2v) is 5.80. The number of hydrogen-bond acceptors (Lipinski definition) is 4. The third-order valence-corrected chi connectivity index (χ3v) is 3.77. The minimum absolute atomic E-state index is 0.0310. The van der Waals surface area contributed by atoms with Gasteiger partial charge in [-0.1, -0.05) is 6.07 Å². The van der Waals surface area contributed by atoms with Gasteiger partial charge in [0, 0.05) is 24.5 Å². The van der Waals surface area contributed by atoms with E-state index in [0.717, 1.165) is 37.2 Å². The number of nitrogens with one attached hydrogen (secondary N) is 1. The molecule has 0 saturated carbocycles. The van der Waals surface area contributed by atoms with E-state index in [-0.39, 0.29) is 12.0 Å². The molecular weight excluding hydrogens is 266 g/mol. The molecule has 0 radical (unpaired) electrons. The van der Waals surface area contributed by atoms with Crippen molar-refractivity contribution in [3.05, 3.63) is 23.8 Å². The van der Waals surface area contributed by atoms with Gasteiger partial charge in [-0.15, -0.1) is 0 Å². The molecule has 0 aromatic heterocycles. The van der Waals surface area contributed by atoms with Gasteiger partial charge in [0.15, 0.2) is 0 Å². The summed E-state index contributed by atoms with van der Waals surface area (Å²) in [7, 11) is 1.95. The molecule has 1 aliphatic heterocycles. The fraction of sp³-hybridized carbons (Fsp3) is 0.562. The van der Waals surface area contributed by atoms with Crippen LogP contribution in [0.3, 0.4) is 0 Å².